The summed E-state index contributed by atoms with van der Waals surface area (Å²) in [6, 6.07) is 24.7. The summed E-state index contributed by atoms with van der Waals surface area (Å²) >= 11 is 0. The quantitative estimate of drug-likeness (QED) is 0.459. The highest BCUT2D eigenvalue weighted by molar-refractivity contribution is 7.90. The van der Waals surface area contributed by atoms with Gasteiger partial charge in [0.15, 0.2) is 5.75 Å². The Bertz CT molecular complexity index is 1460. The van der Waals surface area contributed by atoms with Crippen LogP contribution in [0.3, 0.4) is 0 Å². The molecule has 0 aliphatic heterocycles. The maximum Gasteiger partial charge on any atom is 0.270 e. The summed E-state index contributed by atoms with van der Waals surface area (Å²) in [5, 5.41) is 10.1. The Morgan fingerprint density at radius 3 is 2.15 bits per heavy atom. The number of pyridine rings is 1. The number of nitrogens with zero attached hydrogens (tertiary/aromatic N) is 1. The maximum absolute atomic E-state index is 12.7. The van der Waals surface area contributed by atoms with Gasteiger partial charge >= 0.3 is 0 Å². The van der Waals surface area contributed by atoms with Crippen molar-refractivity contribution in [3.8, 4) is 16.9 Å². The summed E-state index contributed by atoms with van der Waals surface area (Å²) in [6.45, 7) is 0.241. The first kappa shape index (κ1) is 22.0. The number of benzene rings is 3. The fourth-order valence-electron chi connectivity index (χ4n) is 3.46. The van der Waals surface area contributed by atoms with Gasteiger partial charge in [-0.15, -0.1) is 0 Å². The molecule has 0 saturated carbocycles. The fourth-order valence-corrected chi connectivity index (χ4v) is 4.45. The molecule has 0 atom stereocenters. The lowest BCUT2D eigenvalue weighted by molar-refractivity contribution is 0.0979. The Hall–Kier alpha value is -4.17. The lowest BCUT2D eigenvalue weighted by Crippen LogP contribution is -2.34. The maximum atomic E-state index is 12.7. The van der Waals surface area contributed by atoms with Gasteiger partial charge in [0.25, 0.3) is 15.9 Å². The Balaban J connectivity index is 1.67. The molecular weight excluding hydrogens is 440 g/mol. The van der Waals surface area contributed by atoms with Gasteiger partial charge in [-0.25, -0.2) is 13.1 Å². The zero-order valence-electron chi connectivity index (χ0n) is 17.4. The molecule has 0 unspecified atom stereocenters. The van der Waals surface area contributed by atoms with Gasteiger partial charge < -0.3 is 9.67 Å². The van der Waals surface area contributed by atoms with E-state index >= 15 is 0 Å². The molecule has 4 rings (SSSR count). The van der Waals surface area contributed by atoms with Crippen LogP contribution in [-0.2, 0) is 16.6 Å². The first-order chi connectivity index (χ1) is 15.8. The van der Waals surface area contributed by atoms with Gasteiger partial charge in [0, 0.05) is 12.7 Å². The van der Waals surface area contributed by atoms with Crippen LogP contribution < -0.4 is 10.2 Å². The highest BCUT2D eigenvalue weighted by Crippen LogP contribution is 2.24. The molecule has 7 nitrogen and oxygen atoms in total. The average molecular weight is 461 g/mol. The molecule has 1 amide bonds. The van der Waals surface area contributed by atoms with E-state index < -0.39 is 32.7 Å². The highest BCUT2D eigenvalue weighted by atomic mass is 32.2. The minimum absolute atomic E-state index is 0.115. The number of nitrogens with one attached hydrogen (secondary N) is 1. The summed E-state index contributed by atoms with van der Waals surface area (Å²) in [6.07, 6.45) is 2.45. The molecule has 4 aromatic rings. The number of aromatic hydroxyl groups is 1. The number of amides is 1. The zero-order chi connectivity index (χ0) is 23.4. The largest absolute Gasteiger partial charge is 0.503 e. The third-order valence-electron chi connectivity index (χ3n) is 5.04. The number of hydrogen-bond acceptors (Lipinski definition) is 5. The van der Waals surface area contributed by atoms with Crippen molar-refractivity contribution >= 4 is 15.9 Å². The second-order valence-corrected chi connectivity index (χ2v) is 9.01. The molecule has 0 bridgehead atoms. The number of rotatable bonds is 6. The van der Waals surface area contributed by atoms with Gasteiger partial charge in [0.2, 0.25) is 5.43 Å². The molecule has 0 saturated heterocycles. The number of aromatic nitrogens is 1. The predicted molar refractivity (Wildman–Crippen MR) is 124 cm³/mol. The standard InChI is InChI=1S/C25H20N2O5S/c28-23-17-27(15-19-11-7-8-14-21(19)18-9-3-1-4-10-18)16-22(24(23)29)25(30)26-33(31,32)20-12-5-2-6-13-20/h1-14,16-17,28H,15H2,(H,26,30). The van der Waals surface area contributed by atoms with E-state index in [-0.39, 0.29) is 11.4 Å². The van der Waals surface area contributed by atoms with Crippen molar-refractivity contribution in [3.63, 3.8) is 0 Å². The summed E-state index contributed by atoms with van der Waals surface area (Å²) in [7, 11) is -4.18. The minimum Gasteiger partial charge on any atom is -0.503 e. The molecule has 166 valence electrons. The Morgan fingerprint density at radius 2 is 1.45 bits per heavy atom. The van der Waals surface area contributed by atoms with E-state index in [2.05, 4.69) is 0 Å². The van der Waals surface area contributed by atoms with Crippen molar-refractivity contribution in [1.29, 1.82) is 0 Å². The van der Waals surface area contributed by atoms with Gasteiger partial charge in [0.05, 0.1) is 11.1 Å². The van der Waals surface area contributed by atoms with E-state index in [4.69, 9.17) is 0 Å². The van der Waals surface area contributed by atoms with Gasteiger partial charge in [-0.1, -0.05) is 72.8 Å². The second-order valence-electron chi connectivity index (χ2n) is 7.33. The molecule has 0 fully saturated rings. The lowest BCUT2D eigenvalue weighted by atomic mass is 9.99. The van der Waals surface area contributed by atoms with Crippen LogP contribution in [0.4, 0.5) is 0 Å². The Labute approximate surface area is 190 Å². The van der Waals surface area contributed by atoms with Crippen LogP contribution in [0.15, 0.2) is 107 Å². The van der Waals surface area contributed by atoms with Crippen molar-refractivity contribution in [1.82, 2.24) is 9.29 Å². The van der Waals surface area contributed by atoms with Crippen LogP contribution >= 0.6 is 0 Å². The van der Waals surface area contributed by atoms with E-state index in [0.29, 0.717) is 0 Å². The SMILES string of the molecule is O=C(NS(=O)(=O)c1ccccc1)c1cn(Cc2ccccc2-c2ccccc2)cc(O)c1=O. The van der Waals surface area contributed by atoms with Gasteiger partial charge in [-0.2, -0.15) is 0 Å². The molecule has 33 heavy (non-hydrogen) atoms. The van der Waals surface area contributed by atoms with Crippen molar-refractivity contribution < 1.29 is 18.3 Å². The molecule has 1 aromatic heterocycles. The average Bonchev–Trinajstić information content (AvgIpc) is 2.82. The van der Waals surface area contributed by atoms with Crippen LogP contribution in [-0.4, -0.2) is 24.0 Å². The van der Waals surface area contributed by atoms with Crippen LogP contribution in [0.2, 0.25) is 0 Å². The van der Waals surface area contributed by atoms with E-state index in [1.165, 1.54) is 41.2 Å². The molecule has 2 N–H and O–H groups in total. The van der Waals surface area contributed by atoms with E-state index in [0.717, 1.165) is 16.7 Å². The topological polar surface area (TPSA) is 105 Å². The lowest BCUT2D eigenvalue weighted by Gasteiger charge is -2.14. The third-order valence-corrected chi connectivity index (χ3v) is 6.39. The third kappa shape index (κ3) is 4.86. The number of hydrogen-bond donors (Lipinski definition) is 2. The van der Waals surface area contributed by atoms with E-state index in [1.54, 1.807) is 6.07 Å². The number of carbonyl (C=O) groups is 1. The number of carbonyl (C=O) groups excluding carboxylic acids is 1. The molecule has 0 aliphatic rings. The summed E-state index contributed by atoms with van der Waals surface area (Å²) in [5.41, 5.74) is 1.39. The first-order valence-corrected chi connectivity index (χ1v) is 11.5. The van der Waals surface area contributed by atoms with Crippen molar-refractivity contribution in [2.45, 2.75) is 11.4 Å². The first-order valence-electron chi connectivity index (χ1n) is 10.0. The normalized spacial score (nSPS) is 11.2. The second kappa shape index (κ2) is 9.13. The van der Waals surface area contributed by atoms with Crippen LogP contribution in [0.1, 0.15) is 15.9 Å². The van der Waals surface area contributed by atoms with E-state index in [1.807, 2.05) is 59.3 Å². The molecule has 0 aliphatic carbocycles. The smallest absolute Gasteiger partial charge is 0.270 e. The van der Waals surface area contributed by atoms with Crippen molar-refractivity contribution in [2.75, 3.05) is 0 Å². The summed E-state index contributed by atoms with van der Waals surface area (Å²) < 4.78 is 28.3. The molecule has 1 heterocycles. The summed E-state index contributed by atoms with van der Waals surface area (Å²) in [5.74, 6) is -1.78. The molecule has 0 spiro atoms. The van der Waals surface area contributed by atoms with Crippen molar-refractivity contribution in [3.05, 3.63) is 119 Å². The predicted octanol–water partition coefficient (Wildman–Crippen LogP) is 3.39. The monoisotopic (exact) mass is 460 g/mol. The number of sulfonamides is 1. The van der Waals surface area contributed by atoms with Crippen LogP contribution in [0.5, 0.6) is 5.75 Å². The minimum atomic E-state index is -4.18. The summed E-state index contributed by atoms with van der Waals surface area (Å²) in [4.78, 5) is 25.0. The molecule has 3 aromatic carbocycles. The van der Waals surface area contributed by atoms with Gasteiger partial charge in [-0.3, -0.25) is 9.59 Å². The molecular formula is C25H20N2O5S. The Kier molecular flexibility index (Phi) is 6.10. The molecule has 8 heteroatoms. The van der Waals surface area contributed by atoms with Crippen LogP contribution in [0, 0.1) is 0 Å². The van der Waals surface area contributed by atoms with Gasteiger partial charge in [-0.05, 0) is 28.8 Å². The zero-order valence-corrected chi connectivity index (χ0v) is 18.2. The molecule has 0 radical (unpaired) electrons. The fraction of sp³-hybridized carbons (Fsp3) is 0.0400. The van der Waals surface area contributed by atoms with Crippen LogP contribution in [0.25, 0.3) is 11.1 Å². The van der Waals surface area contributed by atoms with E-state index in [9.17, 15) is 23.1 Å². The van der Waals surface area contributed by atoms with Crippen molar-refractivity contribution in [2.24, 2.45) is 0 Å². The highest BCUT2D eigenvalue weighted by Gasteiger charge is 2.22. The van der Waals surface area contributed by atoms with Gasteiger partial charge in [0.1, 0.15) is 5.56 Å². The Morgan fingerprint density at radius 1 is 0.848 bits per heavy atom.